The molecule has 1 unspecified atom stereocenters. The van der Waals surface area contributed by atoms with Gasteiger partial charge in [-0.05, 0) is 17.2 Å². The molecule has 2 N–H and O–H groups in total. The molecule has 1 aliphatic carbocycles. The number of hydrogen-bond acceptors (Lipinski definition) is 2. The van der Waals surface area contributed by atoms with Crippen molar-refractivity contribution in [3.05, 3.63) is 53.6 Å². The van der Waals surface area contributed by atoms with Crippen molar-refractivity contribution >= 4 is 29.1 Å². The monoisotopic (exact) mass is 278 g/mol. The molecule has 5 heteroatoms. The van der Waals surface area contributed by atoms with Crippen LogP contribution in [-0.4, -0.2) is 27.0 Å². The van der Waals surface area contributed by atoms with Gasteiger partial charge in [0.2, 0.25) is 0 Å². The van der Waals surface area contributed by atoms with E-state index in [-0.39, 0.29) is 12.0 Å². The maximum atomic E-state index is 11.3. The number of alkyl halides is 1. The van der Waals surface area contributed by atoms with E-state index in [9.17, 15) is 14.7 Å². The second kappa shape index (κ2) is 4.90. The average Bonchev–Trinajstić information content (AvgIpc) is 2.39. The van der Waals surface area contributed by atoms with Crippen LogP contribution in [0.3, 0.4) is 0 Å². The van der Waals surface area contributed by atoms with E-state index in [2.05, 4.69) is 0 Å². The van der Waals surface area contributed by atoms with Crippen LogP contribution < -0.4 is 0 Å². The Morgan fingerprint density at radius 1 is 1.11 bits per heavy atom. The van der Waals surface area contributed by atoms with E-state index < -0.39 is 16.8 Å². The van der Waals surface area contributed by atoms with E-state index >= 15 is 0 Å². The Morgan fingerprint density at radius 2 is 1.74 bits per heavy atom. The Kier molecular flexibility index (Phi) is 3.44. The number of benzene rings is 1. The highest BCUT2D eigenvalue weighted by Crippen LogP contribution is 2.39. The molecule has 0 radical (unpaired) electrons. The van der Waals surface area contributed by atoms with E-state index in [0.717, 1.165) is 5.56 Å². The van der Waals surface area contributed by atoms with Crippen molar-refractivity contribution in [1.82, 2.24) is 0 Å². The molecule has 1 aliphatic rings. The van der Waals surface area contributed by atoms with Crippen LogP contribution in [0.2, 0.25) is 0 Å². The number of carboxylic acid groups (broad SMARTS) is 2. The number of allylic oxidation sites excluding steroid dienone is 3. The third-order valence-corrected chi connectivity index (χ3v) is 3.53. The summed E-state index contributed by atoms with van der Waals surface area (Å²) < 4.78 is 0. The second-order valence-corrected chi connectivity index (χ2v) is 4.87. The zero-order chi connectivity index (χ0) is 14.0. The van der Waals surface area contributed by atoms with Crippen LogP contribution in [0.1, 0.15) is 12.0 Å². The lowest BCUT2D eigenvalue weighted by Gasteiger charge is -2.27. The lowest BCUT2D eigenvalue weighted by Crippen LogP contribution is -2.39. The SMILES string of the molecule is O=C(O)C1=CC=C(c2ccccc2)CC1(Cl)C(=O)O. The van der Waals surface area contributed by atoms with Gasteiger partial charge in [-0.2, -0.15) is 0 Å². The largest absolute Gasteiger partial charge is 0.480 e. The fourth-order valence-electron chi connectivity index (χ4n) is 2.01. The smallest absolute Gasteiger partial charge is 0.334 e. The van der Waals surface area contributed by atoms with Crippen LogP contribution in [0.25, 0.3) is 5.57 Å². The molecule has 0 aromatic heterocycles. The van der Waals surface area contributed by atoms with Crippen LogP contribution in [0, 0.1) is 0 Å². The average molecular weight is 279 g/mol. The van der Waals surface area contributed by atoms with Crippen LogP contribution in [0.15, 0.2) is 48.1 Å². The molecule has 2 rings (SSSR count). The molecular formula is C14H11ClO4. The summed E-state index contributed by atoms with van der Waals surface area (Å²) >= 11 is 6.03. The summed E-state index contributed by atoms with van der Waals surface area (Å²) in [4.78, 5) is 20.5. The molecule has 19 heavy (non-hydrogen) atoms. The molecular weight excluding hydrogens is 268 g/mol. The van der Waals surface area contributed by atoms with E-state index in [1.165, 1.54) is 6.08 Å². The minimum absolute atomic E-state index is 0.0635. The number of aliphatic carboxylic acids is 2. The van der Waals surface area contributed by atoms with Crippen LogP contribution >= 0.6 is 11.6 Å². The van der Waals surface area contributed by atoms with E-state index in [1.807, 2.05) is 30.3 Å². The van der Waals surface area contributed by atoms with Gasteiger partial charge in [-0.15, -0.1) is 11.6 Å². The van der Waals surface area contributed by atoms with Gasteiger partial charge in [0.25, 0.3) is 0 Å². The maximum absolute atomic E-state index is 11.3. The van der Waals surface area contributed by atoms with Gasteiger partial charge in [0.1, 0.15) is 0 Å². The van der Waals surface area contributed by atoms with Gasteiger partial charge in [-0.25, -0.2) is 9.59 Å². The molecule has 0 fully saturated rings. The molecule has 0 bridgehead atoms. The third kappa shape index (κ3) is 2.39. The van der Waals surface area contributed by atoms with Crippen molar-refractivity contribution in [2.24, 2.45) is 0 Å². The summed E-state index contributed by atoms with van der Waals surface area (Å²) in [5.41, 5.74) is 1.21. The number of halogens is 1. The normalized spacial score (nSPS) is 22.4. The highest BCUT2D eigenvalue weighted by Gasteiger charge is 2.45. The quantitative estimate of drug-likeness (QED) is 0.833. The second-order valence-electron chi connectivity index (χ2n) is 4.23. The Hall–Kier alpha value is -2.07. The first-order valence-corrected chi connectivity index (χ1v) is 5.95. The van der Waals surface area contributed by atoms with Crippen molar-refractivity contribution < 1.29 is 19.8 Å². The number of hydrogen-bond donors (Lipinski definition) is 2. The minimum Gasteiger partial charge on any atom is -0.480 e. The van der Waals surface area contributed by atoms with E-state index in [0.29, 0.717) is 5.57 Å². The molecule has 1 aromatic carbocycles. The van der Waals surface area contributed by atoms with Crippen LogP contribution in [0.4, 0.5) is 0 Å². The molecule has 0 heterocycles. The van der Waals surface area contributed by atoms with E-state index in [1.54, 1.807) is 6.08 Å². The predicted octanol–water partition coefficient (Wildman–Crippen LogP) is 2.55. The Labute approximate surface area is 114 Å². The molecule has 1 aromatic rings. The molecule has 0 spiro atoms. The molecule has 1 atom stereocenters. The molecule has 0 amide bonds. The predicted molar refractivity (Wildman–Crippen MR) is 71.0 cm³/mol. The van der Waals surface area contributed by atoms with Gasteiger partial charge in [0, 0.05) is 6.42 Å². The lowest BCUT2D eigenvalue weighted by atomic mass is 9.83. The molecule has 98 valence electrons. The van der Waals surface area contributed by atoms with Gasteiger partial charge in [0.15, 0.2) is 4.87 Å². The van der Waals surface area contributed by atoms with Gasteiger partial charge in [-0.1, -0.05) is 36.4 Å². The van der Waals surface area contributed by atoms with Crippen molar-refractivity contribution in [1.29, 1.82) is 0 Å². The Morgan fingerprint density at radius 3 is 2.26 bits per heavy atom. The minimum atomic E-state index is -1.92. The molecule has 4 nitrogen and oxygen atoms in total. The molecule has 0 saturated carbocycles. The fourth-order valence-corrected chi connectivity index (χ4v) is 2.30. The number of carbonyl (C=O) groups is 2. The highest BCUT2D eigenvalue weighted by molar-refractivity contribution is 6.39. The van der Waals surface area contributed by atoms with Crippen molar-refractivity contribution in [2.75, 3.05) is 0 Å². The van der Waals surface area contributed by atoms with Crippen molar-refractivity contribution in [2.45, 2.75) is 11.3 Å². The first-order valence-electron chi connectivity index (χ1n) is 5.57. The van der Waals surface area contributed by atoms with Crippen molar-refractivity contribution in [3.8, 4) is 0 Å². The maximum Gasteiger partial charge on any atom is 0.334 e. The zero-order valence-corrected chi connectivity index (χ0v) is 10.6. The number of carboxylic acids is 2. The van der Waals surface area contributed by atoms with Crippen LogP contribution in [0.5, 0.6) is 0 Å². The van der Waals surface area contributed by atoms with Gasteiger partial charge in [-0.3, -0.25) is 0 Å². The van der Waals surface area contributed by atoms with Gasteiger partial charge in [0.05, 0.1) is 5.57 Å². The van der Waals surface area contributed by atoms with Crippen molar-refractivity contribution in [3.63, 3.8) is 0 Å². The summed E-state index contributed by atoms with van der Waals surface area (Å²) in [7, 11) is 0. The summed E-state index contributed by atoms with van der Waals surface area (Å²) in [5, 5.41) is 18.3. The number of rotatable bonds is 3. The third-order valence-electron chi connectivity index (χ3n) is 3.03. The van der Waals surface area contributed by atoms with E-state index in [4.69, 9.17) is 16.7 Å². The summed E-state index contributed by atoms with van der Waals surface area (Å²) in [6.07, 6.45) is 2.80. The summed E-state index contributed by atoms with van der Waals surface area (Å²) in [6.45, 7) is 0. The molecule has 0 saturated heterocycles. The van der Waals surface area contributed by atoms with Crippen LogP contribution in [-0.2, 0) is 9.59 Å². The first kappa shape index (κ1) is 13.4. The standard InChI is InChI=1S/C14H11ClO4/c15-14(13(18)19)8-10(6-7-11(14)12(16)17)9-4-2-1-3-5-9/h1-7H,8H2,(H,16,17)(H,18,19). The first-order chi connectivity index (χ1) is 8.95. The summed E-state index contributed by atoms with van der Waals surface area (Å²) in [6, 6.07) is 9.14. The van der Waals surface area contributed by atoms with Gasteiger partial charge < -0.3 is 10.2 Å². The summed E-state index contributed by atoms with van der Waals surface area (Å²) in [5.74, 6) is -2.68. The van der Waals surface area contributed by atoms with Gasteiger partial charge >= 0.3 is 11.9 Å². The topological polar surface area (TPSA) is 74.6 Å². The fraction of sp³-hybridized carbons (Fsp3) is 0.143. The highest BCUT2D eigenvalue weighted by atomic mass is 35.5. The Balaban J connectivity index is 2.48. The molecule has 0 aliphatic heterocycles. The lowest BCUT2D eigenvalue weighted by molar-refractivity contribution is -0.142. The Bertz CT molecular complexity index is 589. The zero-order valence-electron chi connectivity index (χ0n) is 9.84.